The Bertz CT molecular complexity index is 772. The molecule has 3 aliphatic heterocycles. The summed E-state index contributed by atoms with van der Waals surface area (Å²) >= 11 is 0. The smallest absolute Gasteiger partial charge is 0.333 e. The summed E-state index contributed by atoms with van der Waals surface area (Å²) in [6, 6.07) is 0. The predicted molar refractivity (Wildman–Crippen MR) is 124 cm³/mol. The quantitative estimate of drug-likeness (QED) is 0.111. The number of carboxylic acids is 1. The van der Waals surface area contributed by atoms with Crippen molar-refractivity contribution in [2.45, 2.75) is 80.4 Å². The molecule has 15 atom stereocenters. The Morgan fingerprint density at radius 2 is 1.18 bits per heavy atom. The number of carbonyl (C=O) groups is 1. The largest absolute Gasteiger partial charge is 0.479 e. The summed E-state index contributed by atoms with van der Waals surface area (Å²) in [6.45, 7) is -1.03. The molecule has 15 unspecified atom stereocenters. The van der Waals surface area contributed by atoms with E-state index in [1.165, 1.54) is 6.92 Å². The molecule has 0 saturated carbocycles. The molecule has 16 heteroatoms. The standard InChI is InChI=1S/C23H40O16/c1-8-15(26)20(31)19(30)13(37-8)6-35-4-10-11(23(34)39-12(3-25)16(10)27)5-36-7-14-18(29)17(28)9(2-24)21(38-14)22(32)33/h8-21,23-31,34H,2-7H2,1H3,(H,32,33). The normalized spacial score (nSPS) is 47.2. The Hall–Kier alpha value is -1.09. The summed E-state index contributed by atoms with van der Waals surface area (Å²) < 4.78 is 27.3. The van der Waals surface area contributed by atoms with E-state index in [2.05, 4.69) is 0 Å². The van der Waals surface area contributed by atoms with Gasteiger partial charge in [-0.05, 0) is 6.92 Å². The van der Waals surface area contributed by atoms with Gasteiger partial charge < -0.3 is 74.7 Å². The molecule has 0 aromatic heterocycles. The monoisotopic (exact) mass is 572 g/mol. The van der Waals surface area contributed by atoms with Crippen LogP contribution in [-0.4, -0.2) is 170 Å². The van der Waals surface area contributed by atoms with Crippen molar-refractivity contribution in [3.63, 3.8) is 0 Å². The van der Waals surface area contributed by atoms with E-state index in [4.69, 9.17) is 23.7 Å². The average molecular weight is 573 g/mol. The van der Waals surface area contributed by atoms with Crippen LogP contribution >= 0.6 is 0 Å². The zero-order valence-electron chi connectivity index (χ0n) is 21.3. The number of rotatable bonds is 11. The lowest BCUT2D eigenvalue weighted by Crippen LogP contribution is -2.59. The van der Waals surface area contributed by atoms with Crippen molar-refractivity contribution in [1.29, 1.82) is 0 Å². The third-order valence-electron chi connectivity index (χ3n) is 7.70. The van der Waals surface area contributed by atoms with Gasteiger partial charge in [-0.3, -0.25) is 0 Å². The summed E-state index contributed by atoms with van der Waals surface area (Å²) in [5.41, 5.74) is 0. The molecule has 3 fully saturated rings. The maximum Gasteiger partial charge on any atom is 0.333 e. The number of carboxylic acid groups (broad SMARTS) is 1. The van der Waals surface area contributed by atoms with E-state index in [1.807, 2.05) is 0 Å². The molecule has 10 N–H and O–H groups in total. The van der Waals surface area contributed by atoms with Crippen LogP contribution in [0.5, 0.6) is 0 Å². The minimum atomic E-state index is -1.60. The maximum atomic E-state index is 11.5. The SMILES string of the molecule is CC1OC(COCC2C(O)C(CO)OC(O)C2COCC2OC(C(=O)O)C(CO)C(O)C2O)C(O)C(O)C1O. The minimum Gasteiger partial charge on any atom is -0.479 e. The topological polar surface area (TPSA) is 266 Å². The van der Waals surface area contributed by atoms with E-state index in [1.54, 1.807) is 0 Å². The summed E-state index contributed by atoms with van der Waals surface area (Å²) in [4.78, 5) is 11.5. The first kappa shape index (κ1) is 32.4. The highest BCUT2D eigenvalue weighted by atomic mass is 16.6. The first-order chi connectivity index (χ1) is 18.4. The van der Waals surface area contributed by atoms with Crippen molar-refractivity contribution in [2.24, 2.45) is 17.8 Å². The molecular weight excluding hydrogens is 532 g/mol. The molecule has 0 amide bonds. The lowest BCUT2D eigenvalue weighted by atomic mass is 9.83. The van der Waals surface area contributed by atoms with E-state index in [0.29, 0.717) is 0 Å². The Morgan fingerprint density at radius 3 is 1.74 bits per heavy atom. The highest BCUT2D eigenvalue weighted by Crippen LogP contribution is 2.32. The van der Waals surface area contributed by atoms with E-state index in [-0.39, 0.29) is 19.8 Å². The van der Waals surface area contributed by atoms with Gasteiger partial charge in [0.2, 0.25) is 0 Å². The van der Waals surface area contributed by atoms with Crippen LogP contribution in [0, 0.1) is 17.8 Å². The summed E-state index contributed by atoms with van der Waals surface area (Å²) in [5.74, 6) is -4.53. The Balaban J connectivity index is 1.60. The minimum absolute atomic E-state index is 0.230. The summed E-state index contributed by atoms with van der Waals surface area (Å²) in [5, 5.41) is 100. The molecule has 228 valence electrons. The van der Waals surface area contributed by atoms with Crippen LogP contribution in [0.4, 0.5) is 0 Å². The molecule has 16 nitrogen and oxygen atoms in total. The molecule has 0 spiro atoms. The van der Waals surface area contributed by atoms with Gasteiger partial charge in [0.25, 0.3) is 0 Å². The van der Waals surface area contributed by atoms with Gasteiger partial charge in [0.1, 0.15) is 42.7 Å². The molecular formula is C23H40O16. The Labute approximate surface area is 223 Å². The first-order valence-electron chi connectivity index (χ1n) is 12.8. The third-order valence-corrected chi connectivity index (χ3v) is 7.70. The molecule has 0 aromatic carbocycles. The van der Waals surface area contributed by atoms with Crippen LogP contribution in [0.25, 0.3) is 0 Å². The van der Waals surface area contributed by atoms with Crippen molar-refractivity contribution >= 4 is 5.97 Å². The lowest BCUT2D eigenvalue weighted by Gasteiger charge is -2.43. The highest BCUT2D eigenvalue weighted by Gasteiger charge is 2.49. The van der Waals surface area contributed by atoms with E-state index in [9.17, 15) is 55.9 Å². The fourth-order valence-electron chi connectivity index (χ4n) is 5.20. The average Bonchev–Trinajstić information content (AvgIpc) is 2.90. The van der Waals surface area contributed by atoms with Gasteiger partial charge in [-0.2, -0.15) is 0 Å². The van der Waals surface area contributed by atoms with E-state index in [0.717, 1.165) is 0 Å². The zero-order chi connectivity index (χ0) is 29.0. The van der Waals surface area contributed by atoms with E-state index < -0.39 is 117 Å². The van der Waals surface area contributed by atoms with Gasteiger partial charge >= 0.3 is 5.97 Å². The third kappa shape index (κ3) is 7.22. The zero-order valence-corrected chi connectivity index (χ0v) is 21.3. The Morgan fingerprint density at radius 1 is 0.615 bits per heavy atom. The van der Waals surface area contributed by atoms with Crippen LogP contribution in [0.3, 0.4) is 0 Å². The van der Waals surface area contributed by atoms with E-state index >= 15 is 0 Å². The number of ether oxygens (including phenoxy) is 5. The summed E-state index contributed by atoms with van der Waals surface area (Å²) in [7, 11) is 0. The van der Waals surface area contributed by atoms with Crippen LogP contribution < -0.4 is 0 Å². The molecule has 0 bridgehead atoms. The molecule has 0 aromatic rings. The lowest BCUT2D eigenvalue weighted by molar-refractivity contribution is -0.275. The van der Waals surface area contributed by atoms with Gasteiger partial charge in [0, 0.05) is 17.8 Å². The van der Waals surface area contributed by atoms with Crippen molar-refractivity contribution in [1.82, 2.24) is 0 Å². The van der Waals surface area contributed by atoms with Crippen LogP contribution in [-0.2, 0) is 28.5 Å². The van der Waals surface area contributed by atoms with Gasteiger partial charge in [-0.1, -0.05) is 0 Å². The summed E-state index contributed by atoms with van der Waals surface area (Å²) in [6.07, 6.45) is -16.0. The fraction of sp³-hybridized carbons (Fsp3) is 0.957. The molecule has 3 heterocycles. The molecule has 39 heavy (non-hydrogen) atoms. The van der Waals surface area contributed by atoms with Crippen molar-refractivity contribution in [2.75, 3.05) is 39.6 Å². The maximum absolute atomic E-state index is 11.5. The molecule has 0 aliphatic carbocycles. The molecule has 3 saturated heterocycles. The van der Waals surface area contributed by atoms with Crippen molar-refractivity contribution in [3.05, 3.63) is 0 Å². The van der Waals surface area contributed by atoms with Gasteiger partial charge in [-0.25, -0.2) is 4.79 Å². The molecule has 3 aliphatic rings. The highest BCUT2D eigenvalue weighted by molar-refractivity contribution is 5.73. The Kier molecular flexibility index (Phi) is 11.8. The molecule has 0 radical (unpaired) electrons. The number of hydrogen-bond donors (Lipinski definition) is 10. The number of hydrogen-bond acceptors (Lipinski definition) is 15. The predicted octanol–water partition coefficient (Wildman–Crippen LogP) is -5.63. The number of aliphatic carboxylic acids is 1. The van der Waals surface area contributed by atoms with Gasteiger partial charge in [0.05, 0.1) is 58.0 Å². The number of aliphatic hydroxyl groups excluding tert-OH is 9. The van der Waals surface area contributed by atoms with Crippen molar-refractivity contribution < 1.29 is 79.5 Å². The van der Waals surface area contributed by atoms with Gasteiger partial charge in [0.15, 0.2) is 12.4 Å². The second-order valence-electron chi connectivity index (χ2n) is 10.3. The van der Waals surface area contributed by atoms with Crippen LogP contribution in [0.2, 0.25) is 0 Å². The second-order valence-corrected chi connectivity index (χ2v) is 10.3. The van der Waals surface area contributed by atoms with Crippen molar-refractivity contribution in [3.8, 4) is 0 Å². The number of aliphatic hydroxyl groups is 9. The van der Waals surface area contributed by atoms with Crippen LogP contribution in [0.1, 0.15) is 6.92 Å². The second kappa shape index (κ2) is 14.2. The van der Waals surface area contributed by atoms with Crippen LogP contribution in [0.15, 0.2) is 0 Å². The fourth-order valence-corrected chi connectivity index (χ4v) is 5.20. The molecule has 3 rings (SSSR count). The first-order valence-corrected chi connectivity index (χ1v) is 12.8. The van der Waals surface area contributed by atoms with Gasteiger partial charge in [-0.15, -0.1) is 0 Å².